The van der Waals surface area contributed by atoms with E-state index in [1.54, 1.807) is 7.11 Å². The van der Waals surface area contributed by atoms with Gasteiger partial charge in [0.25, 0.3) is 0 Å². The fraction of sp³-hybridized carbons (Fsp3) is 0.500. The fourth-order valence-electron chi connectivity index (χ4n) is 3.70. The zero-order chi connectivity index (χ0) is 14.9. The number of hydrogen-bond donors (Lipinski definition) is 1. The Morgan fingerprint density at radius 2 is 2.19 bits per heavy atom. The van der Waals surface area contributed by atoms with Crippen LogP contribution in [0.3, 0.4) is 0 Å². The average molecular weight is 284 g/mol. The minimum Gasteiger partial charge on any atom is -0.376 e. The Morgan fingerprint density at radius 1 is 1.38 bits per heavy atom. The lowest BCUT2D eigenvalue weighted by atomic mass is 9.73. The number of rotatable bonds is 3. The molecule has 1 aliphatic rings. The summed E-state index contributed by atoms with van der Waals surface area (Å²) in [5.41, 5.74) is 8.44. The van der Waals surface area contributed by atoms with E-state index in [4.69, 9.17) is 10.5 Å². The van der Waals surface area contributed by atoms with Crippen molar-refractivity contribution in [2.45, 2.75) is 44.2 Å². The number of hydrogen-bond acceptors (Lipinski definition) is 3. The molecular weight excluding hydrogens is 260 g/mol. The van der Waals surface area contributed by atoms with Crippen LogP contribution < -0.4 is 5.73 Å². The van der Waals surface area contributed by atoms with Crippen molar-refractivity contribution in [2.24, 2.45) is 11.7 Å². The highest BCUT2D eigenvalue weighted by atomic mass is 16.5. The Kier molecular flexibility index (Phi) is 3.96. The standard InChI is InChI=1S/C18H24N2O/c1-13-6-5-9-18(11-13,21-2)17(19)15-10-14-7-3-4-8-16(14)20-12-15/h3-4,7-8,10,12-13,17H,5-6,9,11,19H2,1-2H3. The van der Waals surface area contributed by atoms with Crippen LogP contribution in [0.4, 0.5) is 0 Å². The molecule has 3 atom stereocenters. The second-order valence-corrected chi connectivity index (χ2v) is 6.41. The van der Waals surface area contributed by atoms with Gasteiger partial charge >= 0.3 is 0 Å². The van der Waals surface area contributed by atoms with E-state index < -0.39 is 0 Å². The second-order valence-electron chi connectivity index (χ2n) is 6.41. The molecule has 1 saturated carbocycles. The van der Waals surface area contributed by atoms with Crippen molar-refractivity contribution in [2.75, 3.05) is 7.11 Å². The van der Waals surface area contributed by atoms with Crippen LogP contribution in [-0.4, -0.2) is 17.7 Å². The van der Waals surface area contributed by atoms with E-state index in [0.29, 0.717) is 5.92 Å². The lowest BCUT2D eigenvalue weighted by molar-refractivity contribution is -0.0718. The molecule has 1 fully saturated rings. The molecule has 0 spiro atoms. The number of methoxy groups -OCH3 is 1. The maximum atomic E-state index is 6.60. The molecule has 0 saturated heterocycles. The van der Waals surface area contributed by atoms with E-state index >= 15 is 0 Å². The first-order valence-electron chi connectivity index (χ1n) is 7.80. The SMILES string of the molecule is COC1(C(N)c2cnc3ccccc3c2)CCCC(C)C1. The van der Waals surface area contributed by atoms with Gasteiger partial charge in [-0.25, -0.2) is 0 Å². The van der Waals surface area contributed by atoms with Gasteiger partial charge in [0.1, 0.15) is 0 Å². The number of nitrogens with two attached hydrogens (primary N) is 1. The van der Waals surface area contributed by atoms with Gasteiger partial charge in [0, 0.05) is 18.7 Å². The fourth-order valence-corrected chi connectivity index (χ4v) is 3.70. The van der Waals surface area contributed by atoms with Gasteiger partial charge in [-0.1, -0.05) is 38.0 Å². The molecule has 1 aromatic heterocycles. The number of pyridine rings is 1. The Balaban J connectivity index is 1.96. The molecule has 2 N–H and O–H groups in total. The molecule has 3 unspecified atom stereocenters. The summed E-state index contributed by atoms with van der Waals surface area (Å²) in [7, 11) is 1.80. The maximum absolute atomic E-state index is 6.60. The summed E-state index contributed by atoms with van der Waals surface area (Å²) in [5.74, 6) is 0.665. The molecule has 0 amide bonds. The lowest BCUT2D eigenvalue weighted by Crippen LogP contribution is -2.46. The monoisotopic (exact) mass is 284 g/mol. The van der Waals surface area contributed by atoms with E-state index in [9.17, 15) is 0 Å². The Labute approximate surface area is 126 Å². The topological polar surface area (TPSA) is 48.1 Å². The Morgan fingerprint density at radius 3 is 2.95 bits per heavy atom. The van der Waals surface area contributed by atoms with Crippen molar-refractivity contribution in [3.63, 3.8) is 0 Å². The first-order valence-corrected chi connectivity index (χ1v) is 7.80. The molecule has 1 aliphatic carbocycles. The van der Waals surface area contributed by atoms with Crippen molar-refractivity contribution in [3.8, 4) is 0 Å². The molecule has 3 rings (SSSR count). The van der Waals surface area contributed by atoms with E-state index in [0.717, 1.165) is 29.3 Å². The normalized spacial score (nSPS) is 27.7. The van der Waals surface area contributed by atoms with Gasteiger partial charge in [0.2, 0.25) is 0 Å². The molecule has 21 heavy (non-hydrogen) atoms. The number of benzene rings is 1. The van der Waals surface area contributed by atoms with Crippen LogP contribution >= 0.6 is 0 Å². The molecule has 0 bridgehead atoms. The summed E-state index contributed by atoms with van der Waals surface area (Å²) in [6.45, 7) is 2.29. The van der Waals surface area contributed by atoms with Gasteiger partial charge in [-0.15, -0.1) is 0 Å². The van der Waals surface area contributed by atoms with Crippen molar-refractivity contribution >= 4 is 10.9 Å². The minimum absolute atomic E-state index is 0.123. The number of nitrogens with zero attached hydrogens (tertiary/aromatic N) is 1. The van der Waals surface area contributed by atoms with Gasteiger partial charge in [-0.2, -0.15) is 0 Å². The molecular formula is C18H24N2O. The van der Waals surface area contributed by atoms with Crippen LogP contribution in [-0.2, 0) is 4.74 Å². The van der Waals surface area contributed by atoms with Gasteiger partial charge in [-0.3, -0.25) is 4.98 Å². The predicted octanol–water partition coefficient (Wildman–Crippen LogP) is 3.83. The number of para-hydroxylation sites is 1. The highest BCUT2D eigenvalue weighted by Gasteiger charge is 2.41. The zero-order valence-corrected chi connectivity index (χ0v) is 12.9. The number of aromatic nitrogens is 1. The summed E-state index contributed by atoms with van der Waals surface area (Å²) < 4.78 is 5.92. The maximum Gasteiger partial charge on any atom is 0.0873 e. The van der Waals surface area contributed by atoms with Crippen LogP contribution in [0.5, 0.6) is 0 Å². The Bertz CT molecular complexity index is 627. The van der Waals surface area contributed by atoms with Gasteiger partial charge in [0.05, 0.1) is 17.2 Å². The molecule has 0 radical (unpaired) electrons. The largest absolute Gasteiger partial charge is 0.376 e. The van der Waals surface area contributed by atoms with Crippen molar-refractivity contribution in [3.05, 3.63) is 42.1 Å². The minimum atomic E-state index is -0.248. The molecule has 1 aromatic carbocycles. The van der Waals surface area contributed by atoms with Crippen molar-refractivity contribution in [1.29, 1.82) is 0 Å². The smallest absolute Gasteiger partial charge is 0.0873 e. The van der Waals surface area contributed by atoms with Crippen LogP contribution in [0.2, 0.25) is 0 Å². The van der Waals surface area contributed by atoms with E-state index in [-0.39, 0.29) is 11.6 Å². The molecule has 1 heterocycles. The van der Waals surface area contributed by atoms with Crippen molar-refractivity contribution in [1.82, 2.24) is 4.98 Å². The first-order chi connectivity index (χ1) is 10.1. The van der Waals surface area contributed by atoms with Crippen molar-refractivity contribution < 1.29 is 4.74 Å². The molecule has 3 nitrogen and oxygen atoms in total. The third kappa shape index (κ3) is 2.68. The summed E-state index contributed by atoms with van der Waals surface area (Å²) in [6.07, 6.45) is 6.42. The van der Waals surface area contributed by atoms with Gasteiger partial charge in [-0.05, 0) is 36.5 Å². The average Bonchev–Trinajstić information content (AvgIpc) is 2.53. The van der Waals surface area contributed by atoms with Crippen LogP contribution in [0.1, 0.15) is 44.2 Å². The summed E-state index contributed by atoms with van der Waals surface area (Å²) >= 11 is 0. The third-order valence-corrected chi connectivity index (χ3v) is 4.93. The van der Waals surface area contributed by atoms with Crippen LogP contribution in [0.25, 0.3) is 10.9 Å². The van der Waals surface area contributed by atoms with Crippen LogP contribution in [0.15, 0.2) is 36.5 Å². The van der Waals surface area contributed by atoms with E-state index in [2.05, 4.69) is 24.0 Å². The zero-order valence-electron chi connectivity index (χ0n) is 12.9. The molecule has 112 valence electrons. The van der Waals surface area contributed by atoms with Gasteiger partial charge in [0.15, 0.2) is 0 Å². The first kappa shape index (κ1) is 14.5. The summed E-state index contributed by atoms with van der Waals surface area (Å²) in [4.78, 5) is 4.55. The molecule has 3 heteroatoms. The summed E-state index contributed by atoms with van der Waals surface area (Å²) in [5, 5.41) is 1.14. The number of fused-ring (bicyclic) bond motifs is 1. The highest BCUT2D eigenvalue weighted by Crippen LogP contribution is 2.42. The lowest BCUT2D eigenvalue weighted by Gasteiger charge is -2.43. The predicted molar refractivity (Wildman–Crippen MR) is 86.0 cm³/mol. The van der Waals surface area contributed by atoms with E-state index in [1.165, 1.54) is 12.8 Å². The molecule has 0 aliphatic heterocycles. The quantitative estimate of drug-likeness (QED) is 0.931. The second kappa shape index (κ2) is 5.74. The van der Waals surface area contributed by atoms with Crippen LogP contribution in [0, 0.1) is 5.92 Å². The van der Waals surface area contributed by atoms with Gasteiger partial charge < -0.3 is 10.5 Å². The highest BCUT2D eigenvalue weighted by molar-refractivity contribution is 5.78. The molecule has 2 aromatic rings. The Hall–Kier alpha value is -1.45. The number of ether oxygens (including phenoxy) is 1. The third-order valence-electron chi connectivity index (χ3n) is 4.93. The van der Waals surface area contributed by atoms with E-state index in [1.807, 2.05) is 24.4 Å². The summed E-state index contributed by atoms with van der Waals surface area (Å²) in [6, 6.07) is 10.2.